The number of unbranched alkanes of at least 4 members (excludes halogenated alkanes) is 3. The first kappa shape index (κ1) is 33.7. The lowest BCUT2D eigenvalue weighted by atomic mass is 10.0. The standard InChI is InChI=1S/C29H46N6O6S/c1-8-40-19-23-32-24-25(21-15-11-12-16-22(21)31-26(24)30)35(23,20-29(5,6)33-42(7,38)39)41-18-14-10-9-13-17-34(27(36)37)28(2,3)4/h11-12,15-16,33H,8-10,13-14,17-20H2,1-7H3,(H2-,30,31,36,37)/p+1. The number of carbonyl (C=O) groups is 1. The van der Waals surface area contributed by atoms with Gasteiger partial charge in [-0.2, -0.15) is 9.83 Å². The zero-order valence-electron chi connectivity index (χ0n) is 25.9. The maximum Gasteiger partial charge on any atom is 0.407 e. The van der Waals surface area contributed by atoms with Crippen molar-refractivity contribution < 1.29 is 27.9 Å². The van der Waals surface area contributed by atoms with Crippen molar-refractivity contribution in [1.82, 2.24) is 19.3 Å². The lowest BCUT2D eigenvalue weighted by molar-refractivity contribution is -0.102. The maximum absolute atomic E-state index is 12.3. The highest BCUT2D eigenvalue weighted by atomic mass is 32.2. The SMILES string of the molecule is CCOCC1=Nc2c(N)nc3ccccc3c2[N+]1(CC(C)(C)NS(C)(=O)=O)OCCCCCCN(C(=O)O)C(C)(C)C. The first-order valence-electron chi connectivity index (χ1n) is 14.4. The van der Waals surface area contributed by atoms with Crippen LogP contribution >= 0.6 is 0 Å². The molecule has 0 saturated heterocycles. The third kappa shape index (κ3) is 8.16. The van der Waals surface area contributed by atoms with E-state index in [1.165, 1.54) is 4.90 Å². The van der Waals surface area contributed by atoms with Gasteiger partial charge >= 0.3 is 6.09 Å². The first-order valence-corrected chi connectivity index (χ1v) is 16.3. The summed E-state index contributed by atoms with van der Waals surface area (Å²) < 4.78 is 33.0. The van der Waals surface area contributed by atoms with E-state index in [0.29, 0.717) is 48.9 Å². The van der Waals surface area contributed by atoms with Crippen molar-refractivity contribution in [1.29, 1.82) is 0 Å². The number of nitrogens with one attached hydrogen (secondary N) is 1. The average Bonchev–Trinajstić information content (AvgIpc) is 3.15. The molecule has 4 N–H and O–H groups in total. The Balaban J connectivity index is 1.92. The molecule has 0 fully saturated rings. The molecule has 3 rings (SSSR count). The number of benzene rings is 1. The summed E-state index contributed by atoms with van der Waals surface area (Å²) in [7, 11) is -3.54. The van der Waals surface area contributed by atoms with Crippen LogP contribution in [0.1, 0.15) is 67.2 Å². The molecule has 0 bridgehead atoms. The van der Waals surface area contributed by atoms with Gasteiger partial charge in [0.1, 0.15) is 19.8 Å². The molecule has 42 heavy (non-hydrogen) atoms. The van der Waals surface area contributed by atoms with Crippen LogP contribution in [0.15, 0.2) is 29.3 Å². The number of aliphatic imine (C=N–C) groups is 1. The number of sulfonamides is 1. The summed E-state index contributed by atoms with van der Waals surface area (Å²) in [5.41, 5.74) is 6.91. The molecular weight excluding hydrogens is 560 g/mol. The van der Waals surface area contributed by atoms with Gasteiger partial charge in [-0.25, -0.2) is 22.9 Å². The fourth-order valence-corrected chi connectivity index (χ4v) is 6.53. The number of anilines is 1. The van der Waals surface area contributed by atoms with Crippen molar-refractivity contribution >= 4 is 50.0 Å². The monoisotopic (exact) mass is 607 g/mol. The third-order valence-corrected chi connectivity index (χ3v) is 7.95. The van der Waals surface area contributed by atoms with Crippen molar-refractivity contribution in [2.24, 2.45) is 4.99 Å². The second kappa shape index (κ2) is 13.2. The van der Waals surface area contributed by atoms with Crippen LogP contribution in [0.25, 0.3) is 10.9 Å². The van der Waals surface area contributed by atoms with E-state index < -0.39 is 27.2 Å². The summed E-state index contributed by atoms with van der Waals surface area (Å²) in [6.07, 6.45) is 3.32. The molecule has 0 aliphatic carbocycles. The Kier molecular flexibility index (Phi) is 10.6. The van der Waals surface area contributed by atoms with Crippen molar-refractivity contribution in [2.75, 3.05) is 44.9 Å². The van der Waals surface area contributed by atoms with E-state index in [1.807, 2.05) is 65.8 Å². The number of aromatic nitrogens is 1. The number of amides is 1. The molecule has 0 saturated carbocycles. The molecule has 1 aliphatic heterocycles. The Labute approximate surface area is 249 Å². The number of fused-ring (bicyclic) bond motifs is 3. The van der Waals surface area contributed by atoms with E-state index in [0.717, 1.165) is 30.9 Å². The van der Waals surface area contributed by atoms with E-state index in [-0.39, 0.29) is 23.6 Å². The van der Waals surface area contributed by atoms with Crippen molar-refractivity contribution in [3.05, 3.63) is 24.3 Å². The van der Waals surface area contributed by atoms with Gasteiger partial charge in [-0.05, 0) is 66.5 Å². The topological polar surface area (TPSA) is 156 Å². The number of nitrogens with zero attached hydrogens (tertiary/aromatic N) is 4. The summed E-state index contributed by atoms with van der Waals surface area (Å²) in [5, 5.41) is 10.4. The predicted octanol–water partition coefficient (Wildman–Crippen LogP) is 4.80. The molecule has 1 unspecified atom stereocenters. The van der Waals surface area contributed by atoms with E-state index in [2.05, 4.69) is 9.71 Å². The minimum absolute atomic E-state index is 0.158. The van der Waals surface area contributed by atoms with Crippen LogP contribution in [0.3, 0.4) is 0 Å². The van der Waals surface area contributed by atoms with Crippen LogP contribution in [0.2, 0.25) is 0 Å². The normalized spacial score (nSPS) is 17.4. The van der Waals surface area contributed by atoms with Gasteiger partial charge in [-0.15, -0.1) is 0 Å². The van der Waals surface area contributed by atoms with Gasteiger partial charge in [0.2, 0.25) is 15.7 Å². The Morgan fingerprint density at radius 3 is 2.40 bits per heavy atom. The Morgan fingerprint density at radius 1 is 1.12 bits per heavy atom. The van der Waals surface area contributed by atoms with Gasteiger partial charge in [0.25, 0.3) is 5.84 Å². The molecule has 13 heteroatoms. The molecule has 0 spiro atoms. The fourth-order valence-electron chi connectivity index (χ4n) is 5.46. The summed E-state index contributed by atoms with van der Waals surface area (Å²) >= 11 is 0. The molecule has 1 aromatic carbocycles. The van der Waals surface area contributed by atoms with Crippen LogP contribution in [-0.2, 0) is 19.6 Å². The number of nitrogen functional groups attached to an aromatic ring is 1. The van der Waals surface area contributed by atoms with Crippen molar-refractivity contribution in [2.45, 2.75) is 78.3 Å². The van der Waals surface area contributed by atoms with E-state index in [4.69, 9.17) is 20.3 Å². The Bertz CT molecular complexity index is 1410. The number of pyridine rings is 1. The smallest absolute Gasteiger partial charge is 0.407 e. The predicted molar refractivity (Wildman–Crippen MR) is 167 cm³/mol. The summed E-state index contributed by atoms with van der Waals surface area (Å²) in [4.78, 5) is 29.3. The van der Waals surface area contributed by atoms with Crippen LogP contribution in [-0.4, -0.2) is 85.6 Å². The van der Waals surface area contributed by atoms with Gasteiger partial charge in [-0.1, -0.05) is 29.6 Å². The Morgan fingerprint density at radius 2 is 1.79 bits per heavy atom. The number of hydrogen-bond donors (Lipinski definition) is 3. The fraction of sp³-hybridized carbons (Fsp3) is 0.621. The maximum atomic E-state index is 12.3. The van der Waals surface area contributed by atoms with E-state index in [9.17, 15) is 18.3 Å². The number of nitrogens with two attached hydrogens (primary N) is 1. The number of para-hydroxylation sites is 1. The van der Waals surface area contributed by atoms with Gasteiger partial charge in [0, 0.05) is 18.7 Å². The Hall–Kier alpha value is -2.84. The molecule has 0 radical (unpaired) electrons. The molecule has 1 aromatic heterocycles. The number of quaternary nitrogens is 1. The number of hydroxylamine groups is 2. The lowest BCUT2D eigenvalue weighted by Gasteiger charge is -2.38. The lowest BCUT2D eigenvalue weighted by Crippen LogP contribution is -2.63. The van der Waals surface area contributed by atoms with Gasteiger partial charge in [0.05, 0.1) is 22.7 Å². The van der Waals surface area contributed by atoms with Crippen molar-refractivity contribution in [3.8, 4) is 0 Å². The number of rotatable bonds is 15. The molecule has 2 heterocycles. The van der Waals surface area contributed by atoms with Crippen LogP contribution in [0.4, 0.5) is 22.0 Å². The second-order valence-electron chi connectivity index (χ2n) is 12.4. The third-order valence-electron chi connectivity index (χ3n) is 7.03. The molecular formula is C29H47N6O6S+. The number of hydrogen-bond acceptors (Lipinski definition) is 8. The summed E-state index contributed by atoms with van der Waals surface area (Å²) in [5.74, 6) is 0.819. The van der Waals surface area contributed by atoms with E-state index >= 15 is 0 Å². The van der Waals surface area contributed by atoms with E-state index in [1.54, 1.807) is 0 Å². The largest absolute Gasteiger partial charge is 0.465 e. The number of amidine groups is 1. The first-order chi connectivity index (χ1) is 19.5. The highest BCUT2D eigenvalue weighted by Gasteiger charge is 2.52. The molecule has 1 atom stereocenters. The molecule has 234 valence electrons. The minimum atomic E-state index is -3.54. The van der Waals surface area contributed by atoms with Crippen LogP contribution < -0.4 is 15.1 Å². The molecule has 1 aliphatic rings. The highest BCUT2D eigenvalue weighted by Crippen LogP contribution is 2.49. The molecule has 1 amide bonds. The minimum Gasteiger partial charge on any atom is -0.465 e. The van der Waals surface area contributed by atoms with Crippen LogP contribution in [0, 0.1) is 0 Å². The van der Waals surface area contributed by atoms with Gasteiger partial charge < -0.3 is 20.5 Å². The summed E-state index contributed by atoms with van der Waals surface area (Å²) in [6, 6.07) is 7.61. The zero-order valence-corrected chi connectivity index (χ0v) is 26.8. The average molecular weight is 608 g/mol. The number of ether oxygens (including phenoxy) is 1. The van der Waals surface area contributed by atoms with Gasteiger partial charge in [-0.3, -0.25) is 0 Å². The summed E-state index contributed by atoms with van der Waals surface area (Å²) in [6.45, 7) is 12.8. The van der Waals surface area contributed by atoms with Crippen molar-refractivity contribution in [3.63, 3.8) is 0 Å². The second-order valence-corrected chi connectivity index (χ2v) is 14.1. The quantitative estimate of drug-likeness (QED) is 0.192. The highest BCUT2D eigenvalue weighted by molar-refractivity contribution is 7.88. The zero-order chi connectivity index (χ0) is 31.3. The molecule has 2 aromatic rings. The van der Waals surface area contributed by atoms with Crippen LogP contribution in [0.5, 0.6) is 0 Å². The molecule has 12 nitrogen and oxygen atoms in total. The number of carboxylic acid groups (broad SMARTS) is 1. The van der Waals surface area contributed by atoms with Gasteiger partial charge in [0.15, 0.2) is 11.5 Å².